The Hall–Kier alpha value is -2.34. The fraction of sp³-hybridized carbons (Fsp3) is 0.214. The minimum absolute atomic E-state index is 0.168. The summed E-state index contributed by atoms with van der Waals surface area (Å²) in [6.07, 6.45) is 1.32. The van der Waals surface area contributed by atoms with Crippen molar-refractivity contribution < 1.29 is 14.1 Å². The van der Waals surface area contributed by atoms with Crippen molar-refractivity contribution in [3.05, 3.63) is 52.9 Å². The first kappa shape index (κ1) is 13.6. The SMILES string of the molecule is O=C1NCCN(C(=O)c2ccon2)C1c1ccccc1Cl. The lowest BCUT2D eigenvalue weighted by Gasteiger charge is -2.35. The van der Waals surface area contributed by atoms with Crippen molar-refractivity contribution in [2.75, 3.05) is 13.1 Å². The summed E-state index contributed by atoms with van der Waals surface area (Å²) in [6.45, 7) is 0.775. The van der Waals surface area contributed by atoms with Crippen molar-refractivity contribution in [2.45, 2.75) is 6.04 Å². The van der Waals surface area contributed by atoms with Crippen LogP contribution in [0.1, 0.15) is 22.1 Å². The van der Waals surface area contributed by atoms with Crippen LogP contribution in [0.4, 0.5) is 0 Å². The fourth-order valence-corrected chi connectivity index (χ4v) is 2.60. The van der Waals surface area contributed by atoms with E-state index in [-0.39, 0.29) is 17.5 Å². The summed E-state index contributed by atoms with van der Waals surface area (Å²) in [5, 5.41) is 6.83. The second kappa shape index (κ2) is 5.57. The molecule has 0 saturated carbocycles. The Balaban J connectivity index is 1.99. The Morgan fingerprint density at radius 3 is 2.90 bits per heavy atom. The lowest BCUT2D eigenvalue weighted by molar-refractivity contribution is -0.128. The Labute approximate surface area is 125 Å². The van der Waals surface area contributed by atoms with E-state index in [9.17, 15) is 9.59 Å². The highest BCUT2D eigenvalue weighted by molar-refractivity contribution is 6.31. The third-order valence-corrected chi connectivity index (χ3v) is 3.67. The van der Waals surface area contributed by atoms with Gasteiger partial charge in [0.1, 0.15) is 12.3 Å². The third kappa shape index (κ3) is 2.50. The van der Waals surface area contributed by atoms with Crippen LogP contribution >= 0.6 is 11.6 Å². The van der Waals surface area contributed by atoms with Gasteiger partial charge < -0.3 is 14.7 Å². The Kier molecular flexibility index (Phi) is 3.62. The second-order valence-corrected chi connectivity index (χ2v) is 5.01. The van der Waals surface area contributed by atoms with Gasteiger partial charge in [0.2, 0.25) is 5.91 Å². The summed E-state index contributed by atoms with van der Waals surface area (Å²) in [5.41, 5.74) is 0.759. The molecule has 0 bridgehead atoms. The van der Waals surface area contributed by atoms with E-state index in [4.69, 9.17) is 16.1 Å². The smallest absolute Gasteiger partial charge is 0.277 e. The molecule has 1 aliphatic rings. The number of nitrogens with zero attached hydrogens (tertiary/aromatic N) is 2. The van der Waals surface area contributed by atoms with Crippen LogP contribution in [0.2, 0.25) is 5.02 Å². The molecule has 2 amide bonds. The average molecular weight is 306 g/mol. The zero-order valence-electron chi connectivity index (χ0n) is 11.0. The number of amides is 2. The van der Waals surface area contributed by atoms with Gasteiger partial charge in [-0.1, -0.05) is 35.0 Å². The zero-order chi connectivity index (χ0) is 14.8. The van der Waals surface area contributed by atoms with Crippen molar-refractivity contribution in [3.63, 3.8) is 0 Å². The van der Waals surface area contributed by atoms with Gasteiger partial charge in [0, 0.05) is 29.7 Å². The Morgan fingerprint density at radius 2 is 2.19 bits per heavy atom. The topological polar surface area (TPSA) is 75.4 Å². The first-order chi connectivity index (χ1) is 10.2. The minimum Gasteiger partial charge on any atom is -0.364 e. The second-order valence-electron chi connectivity index (χ2n) is 4.60. The molecule has 1 saturated heterocycles. The zero-order valence-corrected chi connectivity index (χ0v) is 11.7. The predicted molar refractivity (Wildman–Crippen MR) is 74.7 cm³/mol. The molecule has 3 rings (SSSR count). The van der Waals surface area contributed by atoms with Gasteiger partial charge >= 0.3 is 0 Å². The van der Waals surface area contributed by atoms with Gasteiger partial charge in [-0.2, -0.15) is 0 Å². The normalized spacial score (nSPS) is 18.4. The molecule has 0 spiro atoms. The van der Waals surface area contributed by atoms with Gasteiger partial charge in [-0.15, -0.1) is 0 Å². The van der Waals surface area contributed by atoms with E-state index in [0.29, 0.717) is 23.7 Å². The lowest BCUT2D eigenvalue weighted by Crippen LogP contribution is -2.52. The third-order valence-electron chi connectivity index (χ3n) is 3.33. The molecular formula is C14H12ClN3O3. The first-order valence-electron chi connectivity index (χ1n) is 6.42. The molecule has 1 atom stereocenters. The summed E-state index contributed by atoms with van der Waals surface area (Å²) in [7, 11) is 0. The highest BCUT2D eigenvalue weighted by Gasteiger charge is 2.36. The van der Waals surface area contributed by atoms with E-state index < -0.39 is 6.04 Å². The molecule has 1 unspecified atom stereocenters. The maximum absolute atomic E-state index is 12.5. The quantitative estimate of drug-likeness (QED) is 0.915. The number of hydrogen-bond acceptors (Lipinski definition) is 4. The summed E-state index contributed by atoms with van der Waals surface area (Å²) in [5.74, 6) is -0.616. The van der Waals surface area contributed by atoms with Crippen molar-refractivity contribution in [3.8, 4) is 0 Å². The van der Waals surface area contributed by atoms with Gasteiger partial charge in [-0.25, -0.2) is 0 Å². The van der Waals surface area contributed by atoms with Crippen LogP contribution in [-0.2, 0) is 4.79 Å². The number of nitrogens with one attached hydrogen (secondary N) is 1. The van der Waals surface area contributed by atoms with Gasteiger partial charge in [-0.3, -0.25) is 9.59 Å². The number of halogens is 1. The number of rotatable bonds is 2. The van der Waals surface area contributed by atoms with Gasteiger partial charge in [0.05, 0.1) is 0 Å². The molecule has 21 heavy (non-hydrogen) atoms. The largest absolute Gasteiger partial charge is 0.364 e. The van der Waals surface area contributed by atoms with Crippen LogP contribution in [0.3, 0.4) is 0 Å². The number of carbonyl (C=O) groups excluding carboxylic acids is 2. The molecule has 2 aromatic rings. The maximum atomic E-state index is 12.5. The van der Waals surface area contributed by atoms with Crippen LogP contribution in [0.15, 0.2) is 41.1 Å². The monoisotopic (exact) mass is 305 g/mol. The number of hydrogen-bond donors (Lipinski definition) is 1. The molecule has 0 aliphatic carbocycles. The van der Waals surface area contributed by atoms with Gasteiger partial charge in [0.25, 0.3) is 5.91 Å². The van der Waals surface area contributed by atoms with Crippen LogP contribution in [-0.4, -0.2) is 35.0 Å². The van der Waals surface area contributed by atoms with E-state index in [2.05, 4.69) is 10.5 Å². The molecule has 6 nitrogen and oxygen atoms in total. The molecule has 1 aliphatic heterocycles. The van der Waals surface area contributed by atoms with E-state index >= 15 is 0 Å². The molecule has 0 radical (unpaired) electrons. The maximum Gasteiger partial charge on any atom is 0.277 e. The Bertz CT molecular complexity index is 672. The van der Waals surface area contributed by atoms with Crippen molar-refractivity contribution in [2.24, 2.45) is 0 Å². The van der Waals surface area contributed by atoms with Crippen molar-refractivity contribution in [1.82, 2.24) is 15.4 Å². The summed E-state index contributed by atoms with van der Waals surface area (Å²) in [4.78, 5) is 26.2. The number of piperazine rings is 1. The number of carbonyl (C=O) groups is 2. The predicted octanol–water partition coefficient (Wildman–Crippen LogP) is 1.64. The van der Waals surface area contributed by atoms with E-state index in [1.54, 1.807) is 24.3 Å². The molecule has 1 aromatic carbocycles. The van der Waals surface area contributed by atoms with Crippen LogP contribution in [0.5, 0.6) is 0 Å². The van der Waals surface area contributed by atoms with Crippen molar-refractivity contribution in [1.29, 1.82) is 0 Å². The Morgan fingerprint density at radius 1 is 1.38 bits per heavy atom. The fourth-order valence-electron chi connectivity index (χ4n) is 2.36. The molecule has 7 heteroatoms. The van der Waals surface area contributed by atoms with Gasteiger partial charge in [-0.05, 0) is 6.07 Å². The molecular weight excluding hydrogens is 294 g/mol. The summed E-state index contributed by atoms with van der Waals surface area (Å²) >= 11 is 6.17. The molecule has 2 heterocycles. The summed E-state index contributed by atoms with van der Waals surface area (Å²) in [6, 6.07) is 7.69. The number of benzene rings is 1. The minimum atomic E-state index is -0.767. The molecule has 1 N–H and O–H groups in total. The number of aromatic nitrogens is 1. The molecule has 1 aromatic heterocycles. The molecule has 108 valence electrons. The van der Waals surface area contributed by atoms with Gasteiger partial charge in [0.15, 0.2) is 5.69 Å². The average Bonchev–Trinajstić information content (AvgIpc) is 3.01. The van der Waals surface area contributed by atoms with Crippen molar-refractivity contribution >= 4 is 23.4 Å². The van der Waals surface area contributed by atoms with E-state index in [1.165, 1.54) is 17.2 Å². The first-order valence-corrected chi connectivity index (χ1v) is 6.80. The van der Waals surface area contributed by atoms with Crippen LogP contribution < -0.4 is 5.32 Å². The van der Waals surface area contributed by atoms with Crippen LogP contribution in [0.25, 0.3) is 0 Å². The lowest BCUT2D eigenvalue weighted by atomic mass is 10.0. The summed E-state index contributed by atoms with van der Waals surface area (Å²) < 4.78 is 4.69. The molecule has 1 fully saturated rings. The highest BCUT2D eigenvalue weighted by Crippen LogP contribution is 2.30. The van der Waals surface area contributed by atoms with E-state index in [0.717, 1.165) is 0 Å². The highest BCUT2D eigenvalue weighted by atomic mass is 35.5. The standard InChI is InChI=1S/C14H12ClN3O3/c15-10-4-2-1-3-9(10)12-13(19)16-6-7-18(12)14(20)11-5-8-21-17-11/h1-5,8,12H,6-7H2,(H,16,19). The van der Waals surface area contributed by atoms with Crippen LogP contribution in [0, 0.1) is 0 Å². The van der Waals surface area contributed by atoms with E-state index in [1.807, 2.05) is 0 Å².